The summed E-state index contributed by atoms with van der Waals surface area (Å²) < 4.78 is 43.0. The van der Waals surface area contributed by atoms with Crippen molar-refractivity contribution in [2.75, 3.05) is 19.4 Å². The minimum absolute atomic E-state index is 0.208. The largest absolute Gasteiger partial charge is 0.497 e. The summed E-state index contributed by atoms with van der Waals surface area (Å²) in [6.07, 6.45) is -4.55. The molecule has 8 nitrogen and oxygen atoms in total. The molecule has 152 valence electrons. The van der Waals surface area contributed by atoms with Gasteiger partial charge in [0.25, 0.3) is 0 Å². The van der Waals surface area contributed by atoms with Gasteiger partial charge in [-0.25, -0.2) is 4.79 Å². The number of benzene rings is 1. The molecule has 28 heavy (non-hydrogen) atoms. The molecule has 0 saturated heterocycles. The summed E-state index contributed by atoms with van der Waals surface area (Å²) in [5.41, 5.74) is 0.804. The van der Waals surface area contributed by atoms with Gasteiger partial charge in [-0.2, -0.15) is 13.2 Å². The summed E-state index contributed by atoms with van der Waals surface area (Å²) in [7, 11) is 1.56. The van der Waals surface area contributed by atoms with Gasteiger partial charge in [-0.15, -0.1) is 10.2 Å². The first kappa shape index (κ1) is 21.5. The Morgan fingerprint density at radius 1 is 1.21 bits per heavy atom. The Morgan fingerprint density at radius 2 is 1.89 bits per heavy atom. The lowest BCUT2D eigenvalue weighted by atomic mass is 10.2. The molecule has 0 bridgehead atoms. The van der Waals surface area contributed by atoms with Crippen LogP contribution in [0.5, 0.6) is 5.75 Å². The van der Waals surface area contributed by atoms with Gasteiger partial charge in [0.15, 0.2) is 11.0 Å². The number of ether oxygens (including phenoxy) is 1. The smallest absolute Gasteiger partial charge is 0.405 e. The normalized spacial score (nSPS) is 11.2. The van der Waals surface area contributed by atoms with Crippen molar-refractivity contribution in [3.8, 4) is 17.1 Å². The summed E-state index contributed by atoms with van der Waals surface area (Å²) in [4.78, 5) is 23.0. The number of aromatic nitrogens is 3. The van der Waals surface area contributed by atoms with Gasteiger partial charge in [-0.1, -0.05) is 11.8 Å². The number of amides is 3. The van der Waals surface area contributed by atoms with Crippen LogP contribution in [0.25, 0.3) is 11.4 Å². The lowest BCUT2D eigenvalue weighted by Crippen LogP contribution is -2.43. The van der Waals surface area contributed by atoms with E-state index >= 15 is 0 Å². The molecule has 0 saturated carbocycles. The number of rotatable bonds is 7. The molecule has 0 atom stereocenters. The van der Waals surface area contributed by atoms with Crippen LogP contribution < -0.4 is 15.4 Å². The molecule has 0 aliphatic rings. The number of methoxy groups -OCH3 is 1. The average Bonchev–Trinajstić information content (AvgIpc) is 3.07. The number of imide groups is 1. The van der Waals surface area contributed by atoms with Gasteiger partial charge in [0.05, 0.1) is 12.9 Å². The minimum Gasteiger partial charge on any atom is -0.497 e. The van der Waals surface area contributed by atoms with E-state index in [0.717, 1.165) is 17.3 Å². The Kier molecular flexibility index (Phi) is 7.26. The topological polar surface area (TPSA) is 98.1 Å². The predicted molar refractivity (Wildman–Crippen MR) is 96.0 cm³/mol. The predicted octanol–water partition coefficient (Wildman–Crippen LogP) is 2.45. The van der Waals surface area contributed by atoms with Gasteiger partial charge in [0.2, 0.25) is 5.91 Å². The fourth-order valence-electron chi connectivity index (χ4n) is 2.15. The van der Waals surface area contributed by atoms with Gasteiger partial charge in [-0.3, -0.25) is 10.1 Å². The molecule has 2 N–H and O–H groups in total. The highest BCUT2D eigenvalue weighted by Gasteiger charge is 2.28. The van der Waals surface area contributed by atoms with E-state index in [9.17, 15) is 22.8 Å². The van der Waals surface area contributed by atoms with Crippen molar-refractivity contribution in [2.24, 2.45) is 0 Å². The third-order valence-corrected chi connectivity index (χ3v) is 4.38. The van der Waals surface area contributed by atoms with E-state index in [-0.39, 0.29) is 5.75 Å². The maximum absolute atomic E-state index is 12.0. The molecule has 0 spiro atoms. The lowest BCUT2D eigenvalue weighted by Gasteiger charge is -2.09. The quantitative estimate of drug-likeness (QED) is 0.672. The molecule has 0 aliphatic carbocycles. The summed E-state index contributed by atoms with van der Waals surface area (Å²) in [6, 6.07) is 5.99. The summed E-state index contributed by atoms with van der Waals surface area (Å²) in [6.45, 7) is 0.893. The number of hydrogen-bond donors (Lipinski definition) is 2. The van der Waals surface area contributed by atoms with Crippen molar-refractivity contribution in [1.82, 2.24) is 25.4 Å². The molecule has 12 heteroatoms. The molecule has 3 amide bonds. The lowest BCUT2D eigenvalue weighted by molar-refractivity contribution is -0.124. The molecular formula is C16H18F3N5O3S. The van der Waals surface area contributed by atoms with E-state index in [1.165, 1.54) is 0 Å². The van der Waals surface area contributed by atoms with Crippen molar-refractivity contribution in [1.29, 1.82) is 0 Å². The van der Waals surface area contributed by atoms with Gasteiger partial charge in [0.1, 0.15) is 12.3 Å². The van der Waals surface area contributed by atoms with E-state index in [0.29, 0.717) is 23.3 Å². The number of thioether (sulfide) groups is 1. The average molecular weight is 417 g/mol. The van der Waals surface area contributed by atoms with Crippen LogP contribution >= 0.6 is 11.8 Å². The Hall–Kier alpha value is -2.76. The zero-order valence-electron chi connectivity index (χ0n) is 15.0. The number of alkyl halides is 3. The van der Waals surface area contributed by atoms with Crippen molar-refractivity contribution in [2.45, 2.75) is 24.8 Å². The summed E-state index contributed by atoms with van der Waals surface area (Å²) in [5.74, 6) is 0.332. The van der Waals surface area contributed by atoms with E-state index in [1.54, 1.807) is 29.1 Å². The number of carbonyl (C=O) groups excluding carboxylic acids is 2. The zero-order chi connectivity index (χ0) is 20.7. The fourth-order valence-corrected chi connectivity index (χ4v) is 2.95. The van der Waals surface area contributed by atoms with Gasteiger partial charge in [-0.05, 0) is 31.2 Å². The first-order chi connectivity index (χ1) is 13.2. The second-order valence-electron chi connectivity index (χ2n) is 5.41. The van der Waals surface area contributed by atoms with Crippen LogP contribution in [0.3, 0.4) is 0 Å². The Labute approximate surface area is 162 Å². The molecule has 2 aromatic rings. The van der Waals surface area contributed by atoms with Crippen molar-refractivity contribution >= 4 is 23.7 Å². The molecule has 0 unspecified atom stereocenters. The summed E-state index contributed by atoms with van der Waals surface area (Å²) >= 11 is 1.02. The van der Waals surface area contributed by atoms with Crippen LogP contribution in [-0.4, -0.2) is 52.3 Å². The molecule has 1 aromatic heterocycles. The van der Waals surface area contributed by atoms with Crippen LogP contribution in [0, 0.1) is 0 Å². The Morgan fingerprint density at radius 3 is 2.46 bits per heavy atom. The molecular weight excluding hydrogens is 399 g/mol. The molecule has 0 fully saturated rings. The first-order valence-corrected chi connectivity index (χ1v) is 9.07. The second kappa shape index (κ2) is 9.44. The van der Waals surface area contributed by atoms with Crippen LogP contribution in [0.15, 0.2) is 29.4 Å². The fraction of sp³-hybridized carbons (Fsp3) is 0.375. The molecule has 1 aromatic carbocycles. The Bertz CT molecular complexity index is 824. The number of urea groups is 1. The maximum Gasteiger partial charge on any atom is 0.405 e. The Balaban J connectivity index is 1.96. The highest BCUT2D eigenvalue weighted by Crippen LogP contribution is 2.25. The van der Waals surface area contributed by atoms with Crippen LogP contribution in [-0.2, 0) is 11.3 Å². The van der Waals surface area contributed by atoms with Crippen molar-refractivity contribution in [3.05, 3.63) is 24.3 Å². The standard InChI is InChI=1S/C16H18F3N5O3S/c1-3-24-13(10-4-6-11(27-2)7-5-10)22-23-15(24)28-8-12(25)21-14(26)20-9-16(17,18)19/h4-7H,3,8-9H2,1-2H3,(H2,20,21,25,26). The van der Waals surface area contributed by atoms with E-state index in [4.69, 9.17) is 4.74 Å². The van der Waals surface area contributed by atoms with Gasteiger partial charge in [0, 0.05) is 12.1 Å². The van der Waals surface area contributed by atoms with Crippen molar-refractivity contribution < 1.29 is 27.5 Å². The summed E-state index contributed by atoms with van der Waals surface area (Å²) in [5, 5.41) is 12.0. The second-order valence-corrected chi connectivity index (χ2v) is 6.36. The molecule has 2 rings (SSSR count). The third kappa shape index (κ3) is 6.15. The zero-order valence-corrected chi connectivity index (χ0v) is 15.9. The van der Waals surface area contributed by atoms with Crippen LogP contribution in [0.1, 0.15) is 6.92 Å². The first-order valence-electron chi connectivity index (χ1n) is 8.08. The molecule has 0 aliphatic heterocycles. The monoisotopic (exact) mass is 417 g/mol. The SMILES string of the molecule is CCn1c(SCC(=O)NC(=O)NCC(F)(F)F)nnc1-c1ccc(OC)cc1. The van der Waals surface area contributed by atoms with Crippen LogP contribution in [0.2, 0.25) is 0 Å². The van der Waals surface area contributed by atoms with E-state index in [1.807, 2.05) is 24.4 Å². The van der Waals surface area contributed by atoms with E-state index < -0.39 is 24.7 Å². The van der Waals surface area contributed by atoms with E-state index in [2.05, 4.69) is 10.2 Å². The van der Waals surface area contributed by atoms with Crippen LogP contribution in [0.4, 0.5) is 18.0 Å². The number of halogens is 3. The highest BCUT2D eigenvalue weighted by atomic mass is 32.2. The molecule has 0 radical (unpaired) electrons. The van der Waals surface area contributed by atoms with Gasteiger partial charge >= 0.3 is 12.2 Å². The number of carbonyl (C=O) groups is 2. The number of hydrogen-bond acceptors (Lipinski definition) is 6. The minimum atomic E-state index is -4.55. The maximum atomic E-state index is 12.0. The number of nitrogens with zero attached hydrogens (tertiary/aromatic N) is 3. The third-order valence-electron chi connectivity index (χ3n) is 3.42. The van der Waals surface area contributed by atoms with Gasteiger partial charge < -0.3 is 14.6 Å². The van der Waals surface area contributed by atoms with Crippen molar-refractivity contribution in [3.63, 3.8) is 0 Å². The highest BCUT2D eigenvalue weighted by molar-refractivity contribution is 7.99. The molecule has 1 heterocycles. The number of nitrogens with one attached hydrogen (secondary N) is 2.